The van der Waals surface area contributed by atoms with Crippen LogP contribution >= 0.6 is 11.6 Å². The summed E-state index contributed by atoms with van der Waals surface area (Å²) in [6.07, 6.45) is 3.60. The SMILES string of the molecule is CN(C1CCN(C(=O)c2ccc(Cl)cc2N2CCCC2=O)CC1)S(C)(=O)=O. The maximum absolute atomic E-state index is 13.1. The number of hydrogen-bond acceptors (Lipinski definition) is 4. The Labute approximate surface area is 164 Å². The van der Waals surface area contributed by atoms with Crippen LogP contribution in [-0.4, -0.2) is 68.4 Å². The summed E-state index contributed by atoms with van der Waals surface area (Å²) in [7, 11) is -1.67. The van der Waals surface area contributed by atoms with Gasteiger partial charge in [0, 0.05) is 44.2 Å². The number of rotatable bonds is 4. The average molecular weight is 414 g/mol. The van der Waals surface area contributed by atoms with Gasteiger partial charge in [-0.15, -0.1) is 0 Å². The van der Waals surface area contributed by atoms with Crippen molar-refractivity contribution in [1.82, 2.24) is 9.21 Å². The molecule has 3 rings (SSSR count). The molecule has 0 aliphatic carbocycles. The van der Waals surface area contributed by atoms with Crippen LogP contribution in [0.3, 0.4) is 0 Å². The minimum atomic E-state index is -3.25. The van der Waals surface area contributed by atoms with Gasteiger partial charge in [0.1, 0.15) is 0 Å². The molecule has 2 heterocycles. The topological polar surface area (TPSA) is 78.0 Å². The van der Waals surface area contributed by atoms with Crippen LogP contribution in [0.15, 0.2) is 18.2 Å². The summed E-state index contributed by atoms with van der Waals surface area (Å²) in [6.45, 7) is 1.53. The molecule has 0 atom stereocenters. The number of piperidine rings is 1. The van der Waals surface area contributed by atoms with Crippen molar-refractivity contribution < 1.29 is 18.0 Å². The van der Waals surface area contributed by atoms with Crippen LogP contribution in [0, 0.1) is 0 Å². The molecule has 0 aromatic heterocycles. The first kappa shape index (κ1) is 20.1. The number of likely N-dealkylation sites (tertiary alicyclic amines) is 1. The van der Waals surface area contributed by atoms with Gasteiger partial charge in [-0.25, -0.2) is 12.7 Å². The molecule has 0 unspecified atom stereocenters. The monoisotopic (exact) mass is 413 g/mol. The highest BCUT2D eigenvalue weighted by atomic mass is 35.5. The van der Waals surface area contributed by atoms with Crippen LogP contribution in [0.5, 0.6) is 0 Å². The number of halogens is 1. The largest absolute Gasteiger partial charge is 0.338 e. The van der Waals surface area contributed by atoms with Gasteiger partial charge in [-0.3, -0.25) is 9.59 Å². The highest BCUT2D eigenvalue weighted by Gasteiger charge is 2.32. The molecule has 2 aliphatic rings. The predicted molar refractivity (Wildman–Crippen MR) is 105 cm³/mol. The Bertz CT molecular complexity index is 850. The van der Waals surface area contributed by atoms with Gasteiger partial charge in [0.25, 0.3) is 5.91 Å². The van der Waals surface area contributed by atoms with E-state index in [-0.39, 0.29) is 17.9 Å². The third kappa shape index (κ3) is 4.28. The molecule has 148 valence electrons. The van der Waals surface area contributed by atoms with Gasteiger partial charge in [-0.1, -0.05) is 11.6 Å². The maximum atomic E-state index is 13.1. The molecule has 1 aromatic carbocycles. The summed E-state index contributed by atoms with van der Waals surface area (Å²) in [5.41, 5.74) is 1.02. The van der Waals surface area contributed by atoms with Gasteiger partial charge in [-0.05, 0) is 37.5 Å². The van der Waals surface area contributed by atoms with E-state index in [1.165, 1.54) is 10.6 Å². The number of amides is 2. The van der Waals surface area contributed by atoms with Crippen molar-refractivity contribution in [3.8, 4) is 0 Å². The van der Waals surface area contributed by atoms with Crippen molar-refractivity contribution in [2.24, 2.45) is 0 Å². The van der Waals surface area contributed by atoms with E-state index in [1.54, 1.807) is 35.0 Å². The third-order valence-corrected chi connectivity index (χ3v) is 6.92. The molecule has 2 saturated heterocycles. The highest BCUT2D eigenvalue weighted by Crippen LogP contribution is 2.30. The Morgan fingerprint density at radius 3 is 2.44 bits per heavy atom. The standard InChI is InChI=1S/C18H24ClN3O4S/c1-20(27(2,25)26)14-7-10-21(11-8-14)18(24)15-6-5-13(19)12-16(15)22-9-3-4-17(22)23/h5-6,12,14H,3-4,7-11H2,1-2H3. The number of benzene rings is 1. The number of carbonyl (C=O) groups is 2. The number of hydrogen-bond donors (Lipinski definition) is 0. The van der Waals surface area contributed by atoms with E-state index in [4.69, 9.17) is 11.6 Å². The Hall–Kier alpha value is -1.64. The number of sulfonamides is 1. The third-order valence-electron chi connectivity index (χ3n) is 5.34. The molecule has 0 bridgehead atoms. The van der Waals surface area contributed by atoms with E-state index in [2.05, 4.69) is 0 Å². The molecule has 2 aliphatic heterocycles. The van der Waals surface area contributed by atoms with E-state index in [0.29, 0.717) is 55.2 Å². The van der Waals surface area contributed by atoms with E-state index < -0.39 is 10.0 Å². The first-order valence-corrected chi connectivity index (χ1v) is 11.2. The molecule has 0 radical (unpaired) electrons. The average Bonchev–Trinajstić information content (AvgIpc) is 3.05. The summed E-state index contributed by atoms with van der Waals surface area (Å²) in [5, 5.41) is 0.481. The Morgan fingerprint density at radius 2 is 1.89 bits per heavy atom. The van der Waals surface area contributed by atoms with Gasteiger partial charge < -0.3 is 9.80 Å². The minimum Gasteiger partial charge on any atom is -0.338 e. The fraction of sp³-hybridized carbons (Fsp3) is 0.556. The molecule has 2 amide bonds. The van der Waals surface area contributed by atoms with Crippen molar-refractivity contribution in [2.75, 3.05) is 37.8 Å². The molecule has 7 nitrogen and oxygen atoms in total. The number of carbonyl (C=O) groups excluding carboxylic acids is 2. The molecule has 0 saturated carbocycles. The fourth-order valence-corrected chi connectivity index (χ4v) is 4.60. The lowest BCUT2D eigenvalue weighted by Crippen LogP contribution is -2.47. The van der Waals surface area contributed by atoms with Gasteiger partial charge in [0.2, 0.25) is 15.9 Å². The van der Waals surface area contributed by atoms with Crippen molar-refractivity contribution in [2.45, 2.75) is 31.7 Å². The van der Waals surface area contributed by atoms with Gasteiger partial charge in [-0.2, -0.15) is 0 Å². The van der Waals surface area contributed by atoms with Crippen molar-refractivity contribution in [1.29, 1.82) is 0 Å². The second kappa shape index (κ2) is 7.77. The lowest BCUT2D eigenvalue weighted by molar-refractivity contribution is -0.117. The van der Waals surface area contributed by atoms with Crippen LogP contribution in [0.4, 0.5) is 5.69 Å². The molecule has 27 heavy (non-hydrogen) atoms. The zero-order valence-electron chi connectivity index (χ0n) is 15.5. The minimum absolute atomic E-state index is 0.000183. The maximum Gasteiger partial charge on any atom is 0.255 e. The van der Waals surface area contributed by atoms with Crippen LogP contribution in [0.1, 0.15) is 36.0 Å². The van der Waals surface area contributed by atoms with Crippen LogP contribution in [-0.2, 0) is 14.8 Å². The molecule has 1 aromatic rings. The quantitative estimate of drug-likeness (QED) is 0.755. The lowest BCUT2D eigenvalue weighted by Gasteiger charge is -2.36. The zero-order valence-corrected chi connectivity index (χ0v) is 17.1. The van der Waals surface area contributed by atoms with Gasteiger partial charge in [0.05, 0.1) is 17.5 Å². The zero-order chi connectivity index (χ0) is 19.8. The van der Waals surface area contributed by atoms with E-state index in [9.17, 15) is 18.0 Å². The summed E-state index contributed by atoms with van der Waals surface area (Å²) >= 11 is 6.10. The van der Waals surface area contributed by atoms with Crippen LogP contribution in [0.2, 0.25) is 5.02 Å². The van der Waals surface area contributed by atoms with Crippen LogP contribution < -0.4 is 4.90 Å². The van der Waals surface area contributed by atoms with E-state index >= 15 is 0 Å². The second-order valence-corrected chi connectivity index (χ2v) is 9.59. The van der Waals surface area contributed by atoms with E-state index in [1.807, 2.05) is 0 Å². The fourth-order valence-electron chi connectivity index (χ4n) is 3.69. The second-order valence-electron chi connectivity index (χ2n) is 7.11. The first-order valence-electron chi connectivity index (χ1n) is 9.00. The lowest BCUT2D eigenvalue weighted by atomic mass is 10.0. The van der Waals surface area contributed by atoms with Crippen LogP contribution in [0.25, 0.3) is 0 Å². The molecule has 0 spiro atoms. The molecule has 0 N–H and O–H groups in total. The van der Waals surface area contributed by atoms with Crippen molar-refractivity contribution >= 4 is 39.1 Å². The summed E-state index contributed by atoms with van der Waals surface area (Å²) in [4.78, 5) is 28.6. The summed E-state index contributed by atoms with van der Waals surface area (Å²) in [5.74, 6) is -0.151. The Morgan fingerprint density at radius 1 is 1.22 bits per heavy atom. The smallest absolute Gasteiger partial charge is 0.255 e. The first-order chi connectivity index (χ1) is 12.7. The summed E-state index contributed by atoms with van der Waals surface area (Å²) < 4.78 is 24.8. The molecular formula is C18H24ClN3O4S. The van der Waals surface area contributed by atoms with Crippen molar-refractivity contribution in [3.63, 3.8) is 0 Å². The highest BCUT2D eigenvalue weighted by molar-refractivity contribution is 7.88. The number of nitrogens with zero attached hydrogens (tertiary/aromatic N) is 3. The van der Waals surface area contributed by atoms with Gasteiger partial charge >= 0.3 is 0 Å². The summed E-state index contributed by atoms with van der Waals surface area (Å²) in [6, 6.07) is 4.89. The van der Waals surface area contributed by atoms with Crippen molar-refractivity contribution in [3.05, 3.63) is 28.8 Å². The predicted octanol–water partition coefficient (Wildman–Crippen LogP) is 1.96. The Balaban J connectivity index is 1.77. The van der Waals surface area contributed by atoms with Gasteiger partial charge in [0.15, 0.2) is 0 Å². The molecule has 2 fully saturated rings. The van der Waals surface area contributed by atoms with E-state index in [0.717, 1.165) is 6.42 Å². The Kier molecular flexibility index (Phi) is 5.79. The normalized spacial score (nSPS) is 19.2. The number of anilines is 1. The molecular weight excluding hydrogens is 390 g/mol. The molecule has 9 heteroatoms.